The molecule has 8 rings (SSSR count). The Morgan fingerprint density at radius 2 is 1.74 bits per heavy atom. The fourth-order valence-corrected chi connectivity index (χ4v) is 10.5. The lowest BCUT2D eigenvalue weighted by Gasteiger charge is -2.50. The zero-order chi connectivity index (χ0) is 37.3. The molecule has 6 atom stereocenters. The van der Waals surface area contributed by atoms with E-state index in [0.29, 0.717) is 32.1 Å². The van der Waals surface area contributed by atoms with E-state index in [1.165, 1.54) is 29.4 Å². The van der Waals surface area contributed by atoms with Crippen LogP contribution in [0.1, 0.15) is 34.8 Å². The molecular weight excluding hydrogens is 805 g/mol. The van der Waals surface area contributed by atoms with Crippen molar-refractivity contribution in [3.8, 4) is 17.2 Å². The predicted octanol–water partition coefficient (Wildman–Crippen LogP) is 7.73. The van der Waals surface area contributed by atoms with E-state index in [-0.39, 0.29) is 47.7 Å². The van der Waals surface area contributed by atoms with Crippen molar-refractivity contribution in [1.29, 1.82) is 0 Å². The maximum Gasteiger partial charge on any atom is 0.260 e. The van der Waals surface area contributed by atoms with E-state index in [4.69, 9.17) is 32.7 Å². The van der Waals surface area contributed by atoms with E-state index >= 15 is 4.79 Å². The highest BCUT2D eigenvalue weighted by Crippen LogP contribution is 2.65. The first-order chi connectivity index (χ1) is 25.5. The molecule has 0 bridgehead atoms. The van der Waals surface area contributed by atoms with E-state index in [9.17, 15) is 19.5 Å². The number of aromatic hydroxyl groups is 1. The summed E-state index contributed by atoms with van der Waals surface area (Å²) in [4.78, 5) is 60.9. The number of hydrogen-bond donors (Lipinski definition) is 2. The monoisotopic (exact) mass is 835 g/mol. The lowest BCUT2D eigenvalue weighted by molar-refractivity contribution is -0.141. The number of hydrazine groups is 1. The Morgan fingerprint density at radius 3 is 2.42 bits per heavy atom. The smallest absolute Gasteiger partial charge is 0.260 e. The van der Waals surface area contributed by atoms with Gasteiger partial charge in [-0.1, -0.05) is 53.1 Å². The van der Waals surface area contributed by atoms with Crippen LogP contribution >= 0.6 is 50.5 Å². The number of rotatable bonds is 8. The number of hydrogen-bond acceptors (Lipinski definition) is 9. The van der Waals surface area contributed by atoms with Crippen LogP contribution in [0.5, 0.6) is 17.2 Å². The molecule has 4 aromatic rings. The van der Waals surface area contributed by atoms with Crippen LogP contribution in [0.15, 0.2) is 88.2 Å². The van der Waals surface area contributed by atoms with E-state index in [2.05, 4.69) is 21.4 Å². The third kappa shape index (κ3) is 5.47. The number of allylic oxidation sites excluding steroid dienone is 2. The molecule has 3 fully saturated rings. The summed E-state index contributed by atoms with van der Waals surface area (Å²) in [6, 6.07) is 18.9. The number of nitrogens with one attached hydrogen (secondary N) is 1. The molecular formula is C39H32BrCl2N3O7S. The lowest BCUT2D eigenvalue weighted by atomic mass is 9.49. The summed E-state index contributed by atoms with van der Waals surface area (Å²) >= 11 is 17.7. The summed E-state index contributed by atoms with van der Waals surface area (Å²) in [6.45, 7) is 0.173. The van der Waals surface area contributed by atoms with Crippen LogP contribution in [0.2, 0.25) is 10.0 Å². The van der Waals surface area contributed by atoms with Crippen molar-refractivity contribution >= 4 is 79.8 Å². The molecule has 0 unspecified atom stereocenters. The number of methoxy groups -OCH3 is 2. The van der Waals surface area contributed by atoms with Gasteiger partial charge >= 0.3 is 0 Å². The van der Waals surface area contributed by atoms with E-state index in [0.717, 1.165) is 15.5 Å². The summed E-state index contributed by atoms with van der Waals surface area (Å²) in [5.41, 5.74) is 3.62. The predicted molar refractivity (Wildman–Crippen MR) is 203 cm³/mol. The molecule has 53 heavy (non-hydrogen) atoms. The lowest BCUT2D eigenvalue weighted by Crippen LogP contribution is -2.53. The van der Waals surface area contributed by atoms with Crippen molar-refractivity contribution in [3.63, 3.8) is 0 Å². The average Bonchev–Trinajstić information content (AvgIpc) is 3.82. The van der Waals surface area contributed by atoms with E-state index < -0.39 is 46.8 Å². The summed E-state index contributed by atoms with van der Waals surface area (Å²) in [5.74, 6) is -4.75. The minimum absolute atomic E-state index is 0.120. The molecule has 3 heterocycles. The van der Waals surface area contributed by atoms with Gasteiger partial charge in [-0.05, 0) is 99.7 Å². The molecule has 0 spiro atoms. The van der Waals surface area contributed by atoms with E-state index in [1.807, 2.05) is 23.6 Å². The molecule has 14 heteroatoms. The van der Waals surface area contributed by atoms with Crippen LogP contribution in [0, 0.1) is 23.7 Å². The van der Waals surface area contributed by atoms with Crippen molar-refractivity contribution in [3.05, 3.63) is 114 Å². The molecule has 10 nitrogen and oxygen atoms in total. The second-order valence-corrected chi connectivity index (χ2v) is 16.3. The van der Waals surface area contributed by atoms with Gasteiger partial charge in [-0.15, -0.1) is 11.3 Å². The van der Waals surface area contributed by atoms with Crippen molar-refractivity contribution in [1.82, 2.24) is 9.91 Å². The molecule has 2 aliphatic heterocycles. The number of phenolic OH excluding ortho intramolecular Hbond substituents is 1. The fraction of sp³-hybridized carbons (Fsp3) is 0.282. The molecule has 1 aromatic heterocycles. The Labute approximate surface area is 327 Å². The summed E-state index contributed by atoms with van der Waals surface area (Å²) in [7, 11) is 2.97. The Hall–Kier alpha value is -4.36. The Morgan fingerprint density at radius 1 is 0.962 bits per heavy atom. The summed E-state index contributed by atoms with van der Waals surface area (Å²) < 4.78 is 11.4. The normalized spacial score (nSPS) is 26.3. The van der Waals surface area contributed by atoms with Gasteiger partial charge in [0.2, 0.25) is 11.8 Å². The molecule has 4 aliphatic rings. The number of fused-ring (bicyclic) bond motifs is 4. The summed E-state index contributed by atoms with van der Waals surface area (Å²) in [5, 5.41) is 14.4. The van der Waals surface area contributed by atoms with Crippen LogP contribution in [-0.4, -0.2) is 52.9 Å². The number of thiophene rings is 1. The molecule has 272 valence electrons. The third-order valence-corrected chi connectivity index (χ3v) is 13.2. The van der Waals surface area contributed by atoms with Gasteiger partial charge < -0.3 is 14.6 Å². The highest BCUT2D eigenvalue weighted by molar-refractivity contribution is 9.10. The zero-order valence-electron chi connectivity index (χ0n) is 28.3. The van der Waals surface area contributed by atoms with Gasteiger partial charge in [-0.3, -0.25) is 29.5 Å². The molecule has 1 saturated carbocycles. The van der Waals surface area contributed by atoms with Gasteiger partial charge in [0.1, 0.15) is 5.75 Å². The quantitative estimate of drug-likeness (QED) is 0.137. The molecule has 2 N–H and O–H groups in total. The van der Waals surface area contributed by atoms with Crippen molar-refractivity contribution in [2.24, 2.45) is 23.7 Å². The number of imide groups is 2. The topological polar surface area (TPSA) is 125 Å². The number of anilines is 1. The molecule has 2 saturated heterocycles. The van der Waals surface area contributed by atoms with Crippen molar-refractivity contribution in [2.45, 2.75) is 30.7 Å². The number of benzene rings is 3. The maximum absolute atomic E-state index is 15.4. The van der Waals surface area contributed by atoms with E-state index in [1.54, 1.807) is 55.6 Å². The molecule has 4 amide bonds. The largest absolute Gasteiger partial charge is 0.503 e. The number of ether oxygens (including phenoxy) is 2. The minimum atomic E-state index is -1.56. The van der Waals surface area contributed by atoms with Crippen molar-refractivity contribution in [2.75, 3.05) is 19.6 Å². The van der Waals surface area contributed by atoms with Crippen LogP contribution in [0.3, 0.4) is 0 Å². The van der Waals surface area contributed by atoms with Gasteiger partial charge in [-0.2, -0.15) is 5.01 Å². The van der Waals surface area contributed by atoms with Crippen molar-refractivity contribution < 1.29 is 33.8 Å². The van der Waals surface area contributed by atoms with Crippen LogP contribution in [0.25, 0.3) is 0 Å². The maximum atomic E-state index is 15.4. The molecule has 0 radical (unpaired) electrons. The van der Waals surface area contributed by atoms with Gasteiger partial charge in [0, 0.05) is 15.8 Å². The second kappa shape index (κ2) is 13.5. The van der Waals surface area contributed by atoms with Crippen LogP contribution < -0.4 is 14.9 Å². The molecule has 2 aliphatic carbocycles. The highest BCUT2D eigenvalue weighted by Gasteiger charge is 2.70. The first kappa shape index (κ1) is 35.7. The Kier molecular flexibility index (Phi) is 9.08. The summed E-state index contributed by atoms with van der Waals surface area (Å²) in [6.07, 6.45) is 2.38. The van der Waals surface area contributed by atoms with Gasteiger partial charge in [0.25, 0.3) is 11.8 Å². The highest BCUT2D eigenvalue weighted by atomic mass is 79.9. The number of carbonyl (C=O) groups is 4. The third-order valence-electron chi connectivity index (χ3n) is 11.2. The van der Waals surface area contributed by atoms with Gasteiger partial charge in [-0.25, -0.2) is 0 Å². The van der Waals surface area contributed by atoms with Gasteiger partial charge in [0.15, 0.2) is 11.5 Å². The Bertz CT molecular complexity index is 2210. The van der Waals surface area contributed by atoms with Crippen LogP contribution in [-0.2, 0) is 31.1 Å². The van der Waals surface area contributed by atoms with Gasteiger partial charge in [0.05, 0.1) is 59.1 Å². The number of carbonyl (C=O) groups excluding carboxylic acids is 4. The number of amides is 4. The number of phenols is 1. The standard InChI is InChI=1S/C39H32BrCl2N3O7S/c1-51-22-8-5-20(6-9-22)39-27(36(48)45(38(39)50)43-30-12-7-21(41)16-29(30)42)17-26-24(33(39)19-14-28(40)34(46)31(15-19)52-2)10-11-25-32(26)37(49)44(35(25)47)18-23-4-3-13-53-23/h3-10,12-16,25-27,32-33,43,46H,11,17-18H2,1-2H3/t25-,26+,27-,32-,33-,39+/m0/s1. The SMILES string of the molecule is COc1ccc([C@@]23C(=O)N(Nc4ccc(Cl)cc4Cl)C(=O)[C@@H]2C[C@@H]2C(=CC[C@@H]4C(=O)N(Cc5cccs5)C(=O)[C@@H]42)[C@@H]3c2cc(Br)c(O)c(OC)c2)cc1. The van der Waals surface area contributed by atoms with Crippen LogP contribution in [0.4, 0.5) is 5.69 Å². The number of likely N-dealkylation sites (tertiary alicyclic amines) is 1. The molecule has 3 aromatic carbocycles. The first-order valence-corrected chi connectivity index (χ1v) is 19.3. The number of halogens is 3. The average molecular weight is 838 g/mol. The number of nitrogens with zero attached hydrogens (tertiary/aromatic N) is 2. The Balaban J connectivity index is 1.34. The minimum Gasteiger partial charge on any atom is -0.503 e. The fourth-order valence-electron chi connectivity index (χ4n) is 8.91. The first-order valence-electron chi connectivity index (χ1n) is 16.9. The second-order valence-electron chi connectivity index (χ2n) is 13.6. The zero-order valence-corrected chi connectivity index (χ0v) is 32.3.